The number of amides is 1. The summed E-state index contributed by atoms with van der Waals surface area (Å²) in [7, 11) is 1.79. The summed E-state index contributed by atoms with van der Waals surface area (Å²) in [5.74, 6) is 0.0591. The molecule has 116 valence electrons. The molecule has 5 heteroatoms. The molecule has 0 aliphatic carbocycles. The van der Waals surface area contributed by atoms with Gasteiger partial charge in [-0.2, -0.15) is 0 Å². The van der Waals surface area contributed by atoms with E-state index in [9.17, 15) is 4.79 Å². The molecule has 4 nitrogen and oxygen atoms in total. The van der Waals surface area contributed by atoms with Gasteiger partial charge in [0.1, 0.15) is 5.58 Å². The van der Waals surface area contributed by atoms with Crippen LogP contribution in [-0.2, 0) is 11.2 Å². The lowest BCUT2D eigenvalue weighted by atomic mass is 10.0. The average molecular weight is 311 g/mol. The Balaban J connectivity index is 0.00000220. The van der Waals surface area contributed by atoms with Crippen LogP contribution in [0, 0.1) is 13.8 Å². The number of rotatable bonds is 4. The van der Waals surface area contributed by atoms with Crippen LogP contribution >= 0.6 is 12.4 Å². The molecule has 1 aromatic carbocycles. The second kappa shape index (κ2) is 6.96. The zero-order valence-corrected chi connectivity index (χ0v) is 13.8. The molecule has 1 heterocycles. The predicted octanol–water partition coefficient (Wildman–Crippen LogP) is 2.82. The van der Waals surface area contributed by atoms with Gasteiger partial charge in [-0.1, -0.05) is 0 Å². The SMILES string of the molecule is Cc1cc2occ(CC(=O)N(C)C(C)CN)c2cc1C.Cl. The lowest BCUT2D eigenvalue weighted by Crippen LogP contribution is -2.40. The minimum absolute atomic E-state index is 0. The Bertz CT molecular complexity index is 636. The van der Waals surface area contributed by atoms with Gasteiger partial charge in [0.05, 0.1) is 12.7 Å². The summed E-state index contributed by atoms with van der Waals surface area (Å²) >= 11 is 0. The van der Waals surface area contributed by atoms with E-state index in [2.05, 4.69) is 19.9 Å². The van der Waals surface area contributed by atoms with Crippen molar-refractivity contribution in [1.82, 2.24) is 4.90 Å². The Morgan fingerprint density at radius 2 is 1.95 bits per heavy atom. The predicted molar refractivity (Wildman–Crippen MR) is 87.9 cm³/mol. The molecule has 0 spiro atoms. The maximum absolute atomic E-state index is 12.2. The first kappa shape index (κ1) is 17.5. The van der Waals surface area contributed by atoms with Gasteiger partial charge in [-0.25, -0.2) is 0 Å². The lowest BCUT2D eigenvalue weighted by Gasteiger charge is -2.23. The van der Waals surface area contributed by atoms with Crippen LogP contribution < -0.4 is 5.73 Å². The van der Waals surface area contributed by atoms with E-state index in [1.807, 2.05) is 13.0 Å². The number of aryl methyl sites for hydroxylation is 2. The number of likely N-dealkylation sites (N-methyl/N-ethyl adjacent to an activating group) is 1. The van der Waals surface area contributed by atoms with Crippen LogP contribution in [0.25, 0.3) is 11.0 Å². The van der Waals surface area contributed by atoms with Gasteiger partial charge < -0.3 is 15.1 Å². The first-order valence-corrected chi connectivity index (χ1v) is 6.87. The number of hydrogen-bond acceptors (Lipinski definition) is 3. The van der Waals surface area contributed by atoms with Crippen molar-refractivity contribution in [3.63, 3.8) is 0 Å². The standard InChI is InChI=1S/C16H22N2O2.ClH/c1-10-5-14-13(9-20-15(14)6-11(10)2)7-16(19)18(4)12(3)8-17;/h5-6,9,12H,7-8,17H2,1-4H3;1H. The first-order chi connectivity index (χ1) is 9.43. The maximum Gasteiger partial charge on any atom is 0.227 e. The minimum atomic E-state index is 0. The van der Waals surface area contributed by atoms with Gasteiger partial charge in [0.15, 0.2) is 0 Å². The van der Waals surface area contributed by atoms with Crippen LogP contribution in [0.3, 0.4) is 0 Å². The van der Waals surface area contributed by atoms with E-state index in [4.69, 9.17) is 10.2 Å². The fourth-order valence-corrected chi connectivity index (χ4v) is 2.16. The Morgan fingerprint density at radius 3 is 2.57 bits per heavy atom. The molecule has 2 N–H and O–H groups in total. The fourth-order valence-electron chi connectivity index (χ4n) is 2.16. The molecule has 0 fully saturated rings. The Kier molecular flexibility index (Phi) is 5.81. The van der Waals surface area contributed by atoms with Crippen molar-refractivity contribution < 1.29 is 9.21 Å². The topological polar surface area (TPSA) is 59.5 Å². The Hall–Kier alpha value is -1.52. The summed E-state index contributed by atoms with van der Waals surface area (Å²) < 4.78 is 5.56. The molecule has 1 aromatic heterocycles. The number of carbonyl (C=O) groups is 1. The number of fused-ring (bicyclic) bond motifs is 1. The molecule has 1 atom stereocenters. The maximum atomic E-state index is 12.2. The summed E-state index contributed by atoms with van der Waals surface area (Å²) in [5, 5.41) is 1.02. The van der Waals surface area contributed by atoms with Crippen molar-refractivity contribution in [3.05, 3.63) is 35.1 Å². The molecule has 0 saturated carbocycles. The van der Waals surface area contributed by atoms with Crippen molar-refractivity contribution in [2.24, 2.45) is 5.73 Å². The molecule has 1 unspecified atom stereocenters. The number of hydrogen-bond donors (Lipinski definition) is 1. The summed E-state index contributed by atoms with van der Waals surface area (Å²) in [6.45, 7) is 6.53. The van der Waals surface area contributed by atoms with E-state index < -0.39 is 0 Å². The smallest absolute Gasteiger partial charge is 0.227 e. The van der Waals surface area contributed by atoms with Crippen LogP contribution in [0.15, 0.2) is 22.8 Å². The van der Waals surface area contributed by atoms with E-state index in [0.29, 0.717) is 13.0 Å². The fraction of sp³-hybridized carbons (Fsp3) is 0.438. The highest BCUT2D eigenvalue weighted by Crippen LogP contribution is 2.25. The highest BCUT2D eigenvalue weighted by Gasteiger charge is 2.17. The molecule has 0 saturated heterocycles. The van der Waals surface area contributed by atoms with Crippen molar-refractivity contribution in [1.29, 1.82) is 0 Å². The van der Waals surface area contributed by atoms with E-state index in [1.165, 1.54) is 11.1 Å². The molecule has 21 heavy (non-hydrogen) atoms. The summed E-state index contributed by atoms with van der Waals surface area (Å²) in [6, 6.07) is 4.15. The highest BCUT2D eigenvalue weighted by atomic mass is 35.5. The van der Waals surface area contributed by atoms with Crippen LogP contribution in [0.4, 0.5) is 0 Å². The van der Waals surface area contributed by atoms with E-state index >= 15 is 0 Å². The van der Waals surface area contributed by atoms with Crippen LogP contribution in [0.2, 0.25) is 0 Å². The largest absolute Gasteiger partial charge is 0.464 e. The summed E-state index contributed by atoms with van der Waals surface area (Å²) in [4.78, 5) is 13.9. The van der Waals surface area contributed by atoms with E-state index in [0.717, 1.165) is 16.5 Å². The number of nitrogens with zero attached hydrogens (tertiary/aromatic N) is 1. The summed E-state index contributed by atoms with van der Waals surface area (Å²) in [5.41, 5.74) is 9.77. The van der Waals surface area contributed by atoms with Crippen LogP contribution in [0.1, 0.15) is 23.6 Å². The number of carbonyl (C=O) groups excluding carboxylic acids is 1. The normalized spacial score (nSPS) is 12.0. The molecular weight excluding hydrogens is 288 g/mol. The van der Waals surface area contributed by atoms with Crippen molar-refractivity contribution in [3.8, 4) is 0 Å². The minimum Gasteiger partial charge on any atom is -0.464 e. The van der Waals surface area contributed by atoms with Gasteiger partial charge in [-0.15, -0.1) is 12.4 Å². The second-order valence-corrected chi connectivity index (χ2v) is 5.46. The Morgan fingerprint density at radius 1 is 1.33 bits per heavy atom. The van der Waals surface area contributed by atoms with E-state index in [-0.39, 0.29) is 24.4 Å². The van der Waals surface area contributed by atoms with Gasteiger partial charge >= 0.3 is 0 Å². The Labute approximate surface area is 131 Å². The van der Waals surface area contributed by atoms with Gasteiger partial charge in [0.2, 0.25) is 5.91 Å². The van der Waals surface area contributed by atoms with Crippen molar-refractivity contribution in [2.75, 3.05) is 13.6 Å². The average Bonchev–Trinajstić information content (AvgIpc) is 2.80. The van der Waals surface area contributed by atoms with Crippen molar-refractivity contribution >= 4 is 29.3 Å². The molecule has 1 amide bonds. The summed E-state index contributed by atoms with van der Waals surface area (Å²) in [6.07, 6.45) is 2.03. The third-order valence-electron chi connectivity index (χ3n) is 4.01. The van der Waals surface area contributed by atoms with Crippen LogP contribution in [-0.4, -0.2) is 30.4 Å². The van der Waals surface area contributed by atoms with Gasteiger partial charge in [-0.3, -0.25) is 4.79 Å². The van der Waals surface area contributed by atoms with Crippen LogP contribution in [0.5, 0.6) is 0 Å². The molecule has 0 aliphatic heterocycles. The van der Waals surface area contributed by atoms with Gasteiger partial charge in [0.25, 0.3) is 0 Å². The molecular formula is C16H23ClN2O2. The molecule has 2 rings (SSSR count). The number of benzene rings is 1. The third kappa shape index (κ3) is 3.57. The van der Waals surface area contributed by atoms with Crippen molar-refractivity contribution in [2.45, 2.75) is 33.2 Å². The lowest BCUT2D eigenvalue weighted by molar-refractivity contribution is -0.130. The number of nitrogens with two attached hydrogens (primary N) is 1. The first-order valence-electron chi connectivity index (χ1n) is 6.87. The number of furan rings is 1. The zero-order chi connectivity index (χ0) is 14.9. The van der Waals surface area contributed by atoms with E-state index in [1.54, 1.807) is 18.2 Å². The molecule has 0 radical (unpaired) electrons. The number of halogens is 1. The second-order valence-electron chi connectivity index (χ2n) is 5.46. The monoisotopic (exact) mass is 310 g/mol. The molecule has 0 aliphatic rings. The molecule has 2 aromatic rings. The zero-order valence-electron chi connectivity index (χ0n) is 13.0. The third-order valence-corrected chi connectivity index (χ3v) is 4.01. The van der Waals surface area contributed by atoms with Gasteiger partial charge in [-0.05, 0) is 44.0 Å². The quantitative estimate of drug-likeness (QED) is 0.944. The highest BCUT2D eigenvalue weighted by molar-refractivity contribution is 5.88. The van der Waals surface area contributed by atoms with Gasteiger partial charge in [0, 0.05) is 30.6 Å². The molecule has 0 bridgehead atoms.